The highest BCUT2D eigenvalue weighted by Crippen LogP contribution is 2.32. The molecule has 1 saturated heterocycles. The SMILES string of the molecule is O=c1c(CN(Cc2ccccn2)C2CCCCC2)ccc2n1C[C@@H]1CNC[C@H]2C1. The van der Waals surface area contributed by atoms with Gasteiger partial charge in [0.15, 0.2) is 0 Å². The lowest BCUT2D eigenvalue weighted by molar-refractivity contribution is 0.137. The first-order chi connectivity index (χ1) is 14.3. The van der Waals surface area contributed by atoms with Gasteiger partial charge in [-0.05, 0) is 49.9 Å². The third-order valence-corrected chi connectivity index (χ3v) is 7.14. The van der Waals surface area contributed by atoms with Crippen LogP contribution in [-0.4, -0.2) is 33.6 Å². The molecule has 5 nitrogen and oxygen atoms in total. The monoisotopic (exact) mass is 392 g/mol. The third kappa shape index (κ3) is 4.03. The summed E-state index contributed by atoms with van der Waals surface area (Å²) in [5, 5.41) is 3.53. The molecule has 29 heavy (non-hydrogen) atoms. The smallest absolute Gasteiger partial charge is 0.255 e. The number of hydrogen-bond donors (Lipinski definition) is 1. The fraction of sp³-hybridized carbons (Fsp3) is 0.583. The molecule has 0 radical (unpaired) electrons. The first-order valence-electron chi connectivity index (χ1n) is 11.4. The summed E-state index contributed by atoms with van der Waals surface area (Å²) in [7, 11) is 0. The number of rotatable bonds is 5. The second kappa shape index (κ2) is 8.41. The molecule has 3 aliphatic rings. The average Bonchev–Trinajstić information content (AvgIpc) is 2.77. The molecule has 4 heterocycles. The largest absolute Gasteiger partial charge is 0.316 e. The Kier molecular flexibility index (Phi) is 5.51. The summed E-state index contributed by atoms with van der Waals surface area (Å²) in [6.07, 6.45) is 9.48. The van der Waals surface area contributed by atoms with E-state index in [4.69, 9.17) is 0 Å². The standard InChI is InChI=1S/C24H32N4O/c29-24-19(9-10-23-20-12-18(13-25-14-20)15-28(23)24)16-27(22-7-2-1-3-8-22)17-21-6-4-5-11-26-21/h4-6,9-11,18,20,22,25H,1-3,7-8,12-17H2/t18-,20+/m0/s1. The summed E-state index contributed by atoms with van der Waals surface area (Å²) in [6, 6.07) is 11.0. The molecule has 2 aromatic heterocycles. The van der Waals surface area contributed by atoms with Crippen LogP contribution in [-0.2, 0) is 19.6 Å². The summed E-state index contributed by atoms with van der Waals surface area (Å²) in [6.45, 7) is 4.47. The molecule has 2 atom stereocenters. The maximum Gasteiger partial charge on any atom is 0.255 e. The Bertz CT molecular complexity index is 887. The molecular weight excluding hydrogens is 360 g/mol. The molecule has 2 aliphatic heterocycles. The van der Waals surface area contributed by atoms with E-state index in [1.165, 1.54) is 44.2 Å². The molecule has 1 N–H and O–H groups in total. The summed E-state index contributed by atoms with van der Waals surface area (Å²) in [5.74, 6) is 1.09. The van der Waals surface area contributed by atoms with Crippen molar-refractivity contribution in [2.75, 3.05) is 13.1 Å². The number of aromatic nitrogens is 2. The maximum absolute atomic E-state index is 13.4. The normalized spacial score (nSPS) is 24.4. The summed E-state index contributed by atoms with van der Waals surface area (Å²) >= 11 is 0. The van der Waals surface area contributed by atoms with E-state index in [9.17, 15) is 4.79 Å². The van der Waals surface area contributed by atoms with Gasteiger partial charge in [-0.3, -0.25) is 14.7 Å². The van der Waals surface area contributed by atoms with Crippen molar-refractivity contribution in [3.8, 4) is 0 Å². The highest BCUT2D eigenvalue weighted by Gasteiger charge is 2.31. The predicted octanol–water partition coefficient (Wildman–Crippen LogP) is 3.28. The summed E-state index contributed by atoms with van der Waals surface area (Å²) < 4.78 is 2.09. The van der Waals surface area contributed by atoms with Crippen LogP contribution in [0.25, 0.3) is 0 Å². The van der Waals surface area contributed by atoms with E-state index in [1.807, 2.05) is 12.3 Å². The van der Waals surface area contributed by atoms with Crippen LogP contribution in [0.15, 0.2) is 41.3 Å². The zero-order valence-electron chi connectivity index (χ0n) is 17.2. The Labute approximate surface area is 173 Å². The van der Waals surface area contributed by atoms with Crippen molar-refractivity contribution in [2.24, 2.45) is 5.92 Å². The van der Waals surface area contributed by atoms with Gasteiger partial charge in [0.25, 0.3) is 5.56 Å². The van der Waals surface area contributed by atoms with Gasteiger partial charge in [-0.2, -0.15) is 0 Å². The quantitative estimate of drug-likeness (QED) is 0.848. The summed E-state index contributed by atoms with van der Waals surface area (Å²) in [4.78, 5) is 20.5. The minimum atomic E-state index is 0.237. The van der Waals surface area contributed by atoms with Gasteiger partial charge < -0.3 is 9.88 Å². The van der Waals surface area contributed by atoms with Crippen molar-refractivity contribution < 1.29 is 0 Å². The van der Waals surface area contributed by atoms with Crippen LogP contribution in [0.4, 0.5) is 0 Å². The fourth-order valence-corrected chi connectivity index (χ4v) is 5.64. The van der Waals surface area contributed by atoms with E-state index in [1.54, 1.807) is 0 Å². The molecule has 1 aliphatic carbocycles. The molecule has 2 aromatic rings. The first-order valence-corrected chi connectivity index (χ1v) is 11.4. The van der Waals surface area contributed by atoms with Gasteiger partial charge in [-0.15, -0.1) is 0 Å². The molecular formula is C24H32N4O. The molecule has 5 heteroatoms. The van der Waals surface area contributed by atoms with Crippen molar-refractivity contribution in [3.63, 3.8) is 0 Å². The Hall–Kier alpha value is -1.98. The lowest BCUT2D eigenvalue weighted by Gasteiger charge is -2.38. The first kappa shape index (κ1) is 19.0. The van der Waals surface area contributed by atoms with Crippen molar-refractivity contribution in [2.45, 2.75) is 70.1 Å². The Balaban J connectivity index is 1.42. The highest BCUT2D eigenvalue weighted by atomic mass is 16.1. The number of fused-ring (bicyclic) bond motifs is 4. The topological polar surface area (TPSA) is 50.2 Å². The van der Waals surface area contributed by atoms with E-state index >= 15 is 0 Å². The van der Waals surface area contributed by atoms with Crippen LogP contribution in [0.5, 0.6) is 0 Å². The number of nitrogens with one attached hydrogen (secondary N) is 1. The Morgan fingerprint density at radius 1 is 1.07 bits per heavy atom. The maximum atomic E-state index is 13.4. The van der Waals surface area contributed by atoms with Crippen molar-refractivity contribution >= 4 is 0 Å². The fourth-order valence-electron chi connectivity index (χ4n) is 5.64. The second-order valence-electron chi connectivity index (χ2n) is 9.17. The molecule has 0 spiro atoms. The van der Waals surface area contributed by atoms with Crippen molar-refractivity contribution in [1.29, 1.82) is 0 Å². The second-order valence-corrected chi connectivity index (χ2v) is 9.17. The van der Waals surface area contributed by atoms with Gasteiger partial charge in [0, 0.05) is 55.6 Å². The highest BCUT2D eigenvalue weighted by molar-refractivity contribution is 5.22. The van der Waals surface area contributed by atoms with Crippen LogP contribution < -0.4 is 10.9 Å². The van der Waals surface area contributed by atoms with Gasteiger partial charge in [-0.25, -0.2) is 0 Å². The molecule has 2 bridgehead atoms. The zero-order valence-corrected chi connectivity index (χ0v) is 17.2. The van der Waals surface area contributed by atoms with Gasteiger partial charge in [-0.1, -0.05) is 31.4 Å². The van der Waals surface area contributed by atoms with E-state index < -0.39 is 0 Å². The average molecular weight is 393 g/mol. The van der Waals surface area contributed by atoms with Crippen molar-refractivity contribution in [3.05, 3.63) is 63.8 Å². The van der Waals surface area contributed by atoms with Gasteiger partial charge in [0.2, 0.25) is 0 Å². The van der Waals surface area contributed by atoms with Crippen LogP contribution in [0.1, 0.15) is 61.4 Å². The Morgan fingerprint density at radius 2 is 1.97 bits per heavy atom. The molecule has 0 amide bonds. The number of piperidine rings is 1. The molecule has 154 valence electrons. The molecule has 0 unspecified atom stereocenters. The minimum absolute atomic E-state index is 0.237. The zero-order chi connectivity index (χ0) is 19.6. The van der Waals surface area contributed by atoms with Crippen LogP contribution in [0, 0.1) is 5.92 Å². The summed E-state index contributed by atoms with van der Waals surface area (Å²) in [5.41, 5.74) is 3.51. The predicted molar refractivity (Wildman–Crippen MR) is 115 cm³/mol. The van der Waals surface area contributed by atoms with E-state index in [2.05, 4.69) is 44.0 Å². The van der Waals surface area contributed by atoms with Gasteiger partial charge in [0.05, 0.1) is 5.69 Å². The lowest BCUT2D eigenvalue weighted by Crippen LogP contribution is -2.46. The molecule has 5 rings (SSSR count). The Morgan fingerprint density at radius 3 is 2.79 bits per heavy atom. The molecule has 2 fully saturated rings. The molecule has 0 aromatic carbocycles. The van der Waals surface area contributed by atoms with Crippen LogP contribution in [0.3, 0.4) is 0 Å². The van der Waals surface area contributed by atoms with Crippen LogP contribution in [0.2, 0.25) is 0 Å². The number of nitrogens with zero attached hydrogens (tertiary/aromatic N) is 3. The third-order valence-electron chi connectivity index (χ3n) is 7.14. The van der Waals surface area contributed by atoms with Crippen LogP contribution >= 0.6 is 0 Å². The van der Waals surface area contributed by atoms with E-state index in [-0.39, 0.29) is 5.56 Å². The van der Waals surface area contributed by atoms with E-state index in [0.717, 1.165) is 44.0 Å². The lowest BCUT2D eigenvalue weighted by atomic mass is 9.84. The molecule has 1 saturated carbocycles. The van der Waals surface area contributed by atoms with Crippen molar-refractivity contribution in [1.82, 2.24) is 19.8 Å². The number of pyridine rings is 2. The number of hydrogen-bond acceptors (Lipinski definition) is 4. The minimum Gasteiger partial charge on any atom is -0.316 e. The van der Waals surface area contributed by atoms with E-state index in [0.29, 0.717) is 17.9 Å². The van der Waals surface area contributed by atoms with Gasteiger partial charge in [0.1, 0.15) is 0 Å². The van der Waals surface area contributed by atoms with Gasteiger partial charge >= 0.3 is 0 Å².